The first kappa shape index (κ1) is 11.1. The number of nitrogens with one attached hydrogen (secondary N) is 1. The zero-order chi connectivity index (χ0) is 10.7. The first-order chi connectivity index (χ1) is 7.24. The molecule has 0 spiro atoms. The van der Waals surface area contributed by atoms with Gasteiger partial charge in [-0.1, -0.05) is 6.58 Å². The Bertz CT molecular complexity index is 223. The van der Waals surface area contributed by atoms with Crippen molar-refractivity contribution in [3.8, 4) is 0 Å². The largest absolute Gasteiger partial charge is 0.371 e. The lowest BCUT2D eigenvalue weighted by atomic mass is 10.2. The van der Waals surface area contributed by atoms with Gasteiger partial charge in [0.15, 0.2) is 0 Å². The van der Waals surface area contributed by atoms with Crippen molar-refractivity contribution in [3.05, 3.63) is 12.7 Å². The summed E-state index contributed by atoms with van der Waals surface area (Å²) in [4.78, 5) is 0. The number of rotatable bonds is 5. The smallest absolute Gasteiger partial charge is 0.212 e. The first-order valence-corrected chi connectivity index (χ1v) is 5.65. The summed E-state index contributed by atoms with van der Waals surface area (Å²) in [5, 5.41) is 3.37. The van der Waals surface area contributed by atoms with Crippen LogP contribution >= 0.6 is 0 Å². The van der Waals surface area contributed by atoms with Crippen LogP contribution in [-0.2, 0) is 9.47 Å². The summed E-state index contributed by atoms with van der Waals surface area (Å²) in [5.74, 6) is 0. The Kier molecular flexibility index (Phi) is 3.41. The number of ether oxygens (including phenoxy) is 2. The van der Waals surface area contributed by atoms with E-state index >= 15 is 0 Å². The third-order valence-corrected chi connectivity index (χ3v) is 3.27. The summed E-state index contributed by atoms with van der Waals surface area (Å²) in [6.07, 6.45) is 2.37. The van der Waals surface area contributed by atoms with E-state index < -0.39 is 0 Å². The topological polar surface area (TPSA) is 33.8 Å². The fourth-order valence-corrected chi connectivity index (χ4v) is 2.03. The van der Waals surface area contributed by atoms with Gasteiger partial charge in [0.2, 0.25) is 6.23 Å². The van der Waals surface area contributed by atoms with Crippen LogP contribution in [0, 0.1) is 0 Å². The number of nitrogens with zero attached hydrogens (tertiary/aromatic N) is 1. The molecule has 2 rings (SSSR count). The molecule has 2 aliphatic heterocycles. The van der Waals surface area contributed by atoms with Crippen LogP contribution in [0.3, 0.4) is 0 Å². The first-order valence-electron chi connectivity index (χ1n) is 5.65. The zero-order valence-corrected chi connectivity index (χ0v) is 9.45. The molecule has 2 aliphatic rings. The van der Waals surface area contributed by atoms with Crippen molar-refractivity contribution in [1.29, 1.82) is 0 Å². The zero-order valence-electron chi connectivity index (χ0n) is 9.45. The van der Waals surface area contributed by atoms with Gasteiger partial charge in [0, 0.05) is 13.1 Å². The number of hydrogen-bond donors (Lipinski definition) is 1. The highest BCUT2D eigenvalue weighted by molar-refractivity contribution is 4.77. The van der Waals surface area contributed by atoms with E-state index in [1.807, 2.05) is 6.08 Å². The molecule has 0 aromatic carbocycles. The molecule has 0 aliphatic carbocycles. The maximum absolute atomic E-state index is 5.86. The van der Waals surface area contributed by atoms with Gasteiger partial charge < -0.3 is 14.8 Å². The van der Waals surface area contributed by atoms with Gasteiger partial charge in [-0.15, -0.1) is 0 Å². The molecule has 2 unspecified atom stereocenters. The van der Waals surface area contributed by atoms with Gasteiger partial charge in [-0.05, 0) is 6.08 Å². The second-order valence-electron chi connectivity index (χ2n) is 4.59. The third kappa shape index (κ3) is 2.78. The van der Waals surface area contributed by atoms with Crippen molar-refractivity contribution >= 4 is 0 Å². The van der Waals surface area contributed by atoms with Crippen molar-refractivity contribution in [3.63, 3.8) is 0 Å². The van der Waals surface area contributed by atoms with E-state index in [4.69, 9.17) is 9.47 Å². The Hall–Kier alpha value is -0.420. The predicted octanol–water partition coefficient (Wildman–Crippen LogP) is -0.0363. The Morgan fingerprint density at radius 1 is 1.60 bits per heavy atom. The second-order valence-corrected chi connectivity index (χ2v) is 4.59. The molecule has 0 aromatic rings. The average Bonchev–Trinajstić information content (AvgIpc) is 3.03. The molecule has 0 aromatic heterocycles. The summed E-state index contributed by atoms with van der Waals surface area (Å²) < 4.78 is 11.9. The summed E-state index contributed by atoms with van der Waals surface area (Å²) in [7, 11) is 2.24. The molecule has 4 heteroatoms. The molecule has 1 N–H and O–H groups in total. The van der Waals surface area contributed by atoms with E-state index in [-0.39, 0.29) is 6.23 Å². The minimum atomic E-state index is 0.108. The molecule has 2 atom stereocenters. The maximum Gasteiger partial charge on any atom is 0.212 e. The van der Waals surface area contributed by atoms with E-state index in [9.17, 15) is 0 Å². The van der Waals surface area contributed by atoms with Crippen LogP contribution < -0.4 is 5.32 Å². The van der Waals surface area contributed by atoms with E-state index in [0.29, 0.717) is 12.7 Å². The molecule has 2 fully saturated rings. The molecule has 0 radical (unpaired) electrons. The Balaban J connectivity index is 1.87. The van der Waals surface area contributed by atoms with Crippen LogP contribution in [0.1, 0.15) is 0 Å². The summed E-state index contributed by atoms with van der Waals surface area (Å²) >= 11 is 0. The van der Waals surface area contributed by atoms with Crippen LogP contribution in [-0.4, -0.2) is 63.3 Å². The van der Waals surface area contributed by atoms with Crippen LogP contribution in [0.4, 0.5) is 0 Å². The monoisotopic (exact) mass is 213 g/mol. The minimum Gasteiger partial charge on any atom is -0.371 e. The molecule has 86 valence electrons. The lowest BCUT2D eigenvalue weighted by molar-refractivity contribution is -0.949. The Morgan fingerprint density at radius 3 is 2.80 bits per heavy atom. The minimum absolute atomic E-state index is 0.108. The molecular weight excluding hydrogens is 192 g/mol. The van der Waals surface area contributed by atoms with Crippen molar-refractivity contribution < 1.29 is 14.0 Å². The third-order valence-electron chi connectivity index (χ3n) is 3.27. The van der Waals surface area contributed by atoms with Gasteiger partial charge >= 0.3 is 0 Å². The van der Waals surface area contributed by atoms with Gasteiger partial charge in [0.05, 0.1) is 33.4 Å². The van der Waals surface area contributed by atoms with Crippen LogP contribution in [0.2, 0.25) is 0 Å². The van der Waals surface area contributed by atoms with Crippen molar-refractivity contribution in [2.75, 3.05) is 46.4 Å². The normalized spacial score (nSPS) is 30.9. The standard InChI is InChI=1S/C11H21N2O2/c1-3-11(15-9-10-8-14-10)13(2)6-4-12-5-7-13/h3,10-12H,1,4-9H2,2H3/q+1. The van der Waals surface area contributed by atoms with Gasteiger partial charge in [-0.25, -0.2) is 0 Å². The molecular formula is C11H21N2O2+. The quantitative estimate of drug-likeness (QED) is 0.395. The highest BCUT2D eigenvalue weighted by atomic mass is 16.6. The predicted molar refractivity (Wildman–Crippen MR) is 58.5 cm³/mol. The van der Waals surface area contributed by atoms with Gasteiger partial charge in [0.25, 0.3) is 0 Å². The van der Waals surface area contributed by atoms with Gasteiger partial charge in [-0.3, -0.25) is 4.48 Å². The summed E-state index contributed by atoms with van der Waals surface area (Å²) in [5.41, 5.74) is 0. The summed E-state index contributed by atoms with van der Waals surface area (Å²) in [6, 6.07) is 0. The highest BCUT2D eigenvalue weighted by Crippen LogP contribution is 2.17. The fraction of sp³-hybridized carbons (Fsp3) is 0.818. The molecule has 0 saturated carbocycles. The number of quaternary nitrogens is 1. The lowest BCUT2D eigenvalue weighted by Crippen LogP contribution is -2.61. The molecule has 4 nitrogen and oxygen atoms in total. The van der Waals surface area contributed by atoms with E-state index in [1.54, 1.807) is 0 Å². The number of epoxide rings is 1. The molecule has 0 amide bonds. The Labute approximate surface area is 91.4 Å². The van der Waals surface area contributed by atoms with E-state index in [2.05, 4.69) is 18.9 Å². The number of piperazine rings is 1. The van der Waals surface area contributed by atoms with E-state index in [0.717, 1.165) is 37.3 Å². The van der Waals surface area contributed by atoms with Gasteiger partial charge in [0.1, 0.15) is 6.10 Å². The van der Waals surface area contributed by atoms with Crippen LogP contribution in [0.25, 0.3) is 0 Å². The SMILES string of the molecule is C=CC(OCC1CO1)[N+]1(C)CCNCC1. The van der Waals surface area contributed by atoms with E-state index in [1.165, 1.54) is 0 Å². The lowest BCUT2D eigenvalue weighted by Gasteiger charge is -2.42. The second kappa shape index (κ2) is 4.61. The highest BCUT2D eigenvalue weighted by Gasteiger charge is 2.34. The molecule has 2 saturated heterocycles. The number of likely N-dealkylation sites (N-methyl/N-ethyl adjacent to an activating group) is 1. The maximum atomic E-state index is 5.86. The van der Waals surface area contributed by atoms with Crippen molar-refractivity contribution in [2.45, 2.75) is 12.3 Å². The average molecular weight is 213 g/mol. The van der Waals surface area contributed by atoms with Crippen LogP contribution in [0.5, 0.6) is 0 Å². The van der Waals surface area contributed by atoms with Crippen molar-refractivity contribution in [2.24, 2.45) is 0 Å². The number of hydrogen-bond acceptors (Lipinski definition) is 3. The molecule has 0 bridgehead atoms. The van der Waals surface area contributed by atoms with Crippen LogP contribution in [0.15, 0.2) is 12.7 Å². The Morgan fingerprint density at radius 2 is 2.27 bits per heavy atom. The van der Waals surface area contributed by atoms with Crippen molar-refractivity contribution in [1.82, 2.24) is 5.32 Å². The van der Waals surface area contributed by atoms with Gasteiger partial charge in [-0.2, -0.15) is 0 Å². The molecule has 15 heavy (non-hydrogen) atoms. The fourth-order valence-electron chi connectivity index (χ4n) is 2.03. The molecule has 2 heterocycles. The summed E-state index contributed by atoms with van der Waals surface area (Å²) in [6.45, 7) is 9.76.